The van der Waals surface area contributed by atoms with Gasteiger partial charge in [-0.1, -0.05) is 111 Å². The number of methoxy groups -OCH3 is 2. The highest BCUT2D eigenvalue weighted by molar-refractivity contribution is 6.34. The van der Waals surface area contributed by atoms with E-state index in [1.54, 1.807) is 0 Å². The van der Waals surface area contributed by atoms with Crippen molar-refractivity contribution in [2.24, 2.45) is 15.4 Å². The number of aromatic nitrogens is 1. The Balaban J connectivity index is 1.75. The zero-order chi connectivity index (χ0) is 54.1. The normalized spacial score (nSPS) is 21.2. The van der Waals surface area contributed by atoms with E-state index in [2.05, 4.69) is 103 Å². The maximum absolute atomic E-state index is 14.6. The van der Waals surface area contributed by atoms with Crippen LogP contribution in [0, 0.1) is 12.3 Å². The summed E-state index contributed by atoms with van der Waals surface area (Å²) in [5.74, 6) is -1.80. The number of aromatic amines is 1. The van der Waals surface area contributed by atoms with E-state index in [1.165, 1.54) is 19.8 Å². The van der Waals surface area contributed by atoms with E-state index in [4.69, 9.17) is 19.5 Å². The summed E-state index contributed by atoms with van der Waals surface area (Å²) >= 11 is 0. The first-order valence-electron chi connectivity index (χ1n) is 28.3. The van der Waals surface area contributed by atoms with Gasteiger partial charge in [-0.25, -0.2) is 19.6 Å². The predicted octanol–water partition coefficient (Wildman–Crippen LogP) is 13.6. The van der Waals surface area contributed by atoms with Gasteiger partial charge in [0, 0.05) is 33.3 Å². The lowest BCUT2D eigenvalue weighted by Crippen LogP contribution is -2.44. The molecule has 0 saturated carbocycles. The molecule has 2 unspecified atom stereocenters. The summed E-state index contributed by atoms with van der Waals surface area (Å²) in [6.45, 7) is 21.4. The van der Waals surface area contributed by atoms with Crippen molar-refractivity contribution in [3.05, 3.63) is 143 Å². The largest absolute Gasteiger partial charge is 0.481 e. The number of carboxylic acid groups (broad SMARTS) is 1. The van der Waals surface area contributed by atoms with Crippen molar-refractivity contribution in [3.63, 3.8) is 0 Å². The van der Waals surface area contributed by atoms with E-state index in [1.807, 2.05) is 25.1 Å². The highest BCUT2D eigenvalue weighted by Crippen LogP contribution is 2.51. The van der Waals surface area contributed by atoms with Crippen LogP contribution in [0.4, 0.5) is 0 Å². The van der Waals surface area contributed by atoms with E-state index in [0.717, 1.165) is 181 Å². The van der Waals surface area contributed by atoms with Crippen LogP contribution < -0.4 is 16.0 Å². The van der Waals surface area contributed by atoms with E-state index < -0.39 is 29.4 Å². The molecule has 2 atom stereocenters. The van der Waals surface area contributed by atoms with Crippen LogP contribution in [0.3, 0.4) is 0 Å². The van der Waals surface area contributed by atoms with Gasteiger partial charge >= 0.3 is 17.9 Å². The fourth-order valence-corrected chi connectivity index (χ4v) is 11.8. The number of aliphatic carboxylic acids is 1. The van der Waals surface area contributed by atoms with Gasteiger partial charge < -0.3 is 24.9 Å². The summed E-state index contributed by atoms with van der Waals surface area (Å²) in [6.07, 6.45) is 19.8. The highest BCUT2D eigenvalue weighted by Gasteiger charge is 2.53. The fraction of sp³-hybridized carbons (Fsp3) is 0.492. The molecular weight excluding hydrogens is 933 g/mol. The Morgan fingerprint density at radius 2 is 1.19 bits per heavy atom. The monoisotopic (exact) mass is 1020 g/mol. The number of carboxylic acids is 1. The third kappa shape index (κ3) is 11.0. The third-order valence-corrected chi connectivity index (χ3v) is 16.4. The van der Waals surface area contributed by atoms with Crippen LogP contribution in [0.25, 0.3) is 17.2 Å². The lowest BCUT2D eigenvalue weighted by molar-refractivity contribution is -0.147. The molecule has 0 radical (unpaired) electrons. The molecule has 3 aromatic rings. The minimum atomic E-state index is -1.40. The number of unbranched alkanes of at least 4 members (excludes halogenated alkanes) is 6. The summed E-state index contributed by atoms with van der Waals surface area (Å²) in [7, 11) is 2.86. The lowest BCUT2D eigenvalue weighted by atomic mass is 9.71. The van der Waals surface area contributed by atoms with Gasteiger partial charge in [-0.15, -0.1) is 0 Å². The van der Waals surface area contributed by atoms with Gasteiger partial charge in [0.2, 0.25) is 0 Å². The molecule has 7 rings (SSSR count). The number of fused-ring (bicyclic) bond motifs is 6. The number of esters is 2. The van der Waals surface area contributed by atoms with Crippen molar-refractivity contribution in [3.8, 4) is 0 Å². The molecule has 10 heteroatoms. The number of aliphatic imine (C=N–C) groups is 2. The number of hydrogen-bond acceptors (Lipinski definition) is 8. The van der Waals surface area contributed by atoms with Gasteiger partial charge in [0.25, 0.3) is 0 Å². The number of H-pyrrole nitrogens is 1. The molecule has 4 aliphatic rings. The number of rotatable bonds is 23. The number of carbonyl (C=O) groups excluding carboxylic acids is 2. The minimum Gasteiger partial charge on any atom is -0.481 e. The second kappa shape index (κ2) is 25.0. The van der Waals surface area contributed by atoms with Crippen molar-refractivity contribution in [2.45, 2.75) is 191 Å². The zero-order valence-corrected chi connectivity index (χ0v) is 47.3. The van der Waals surface area contributed by atoms with Gasteiger partial charge in [-0.05, 0) is 173 Å². The van der Waals surface area contributed by atoms with Crippen molar-refractivity contribution >= 4 is 46.6 Å². The summed E-state index contributed by atoms with van der Waals surface area (Å²) in [6, 6.07) is 11.6. The summed E-state index contributed by atoms with van der Waals surface area (Å²) in [5.41, 5.74) is 15.2. The number of ether oxygens (including phenoxy) is 2. The van der Waals surface area contributed by atoms with Crippen molar-refractivity contribution < 1.29 is 29.0 Å². The Morgan fingerprint density at radius 3 is 1.73 bits per heavy atom. The summed E-state index contributed by atoms with van der Waals surface area (Å²) in [5, 5.41) is 17.6. The summed E-state index contributed by atoms with van der Waals surface area (Å²) < 4.78 is 11.2. The molecular formula is C65H84N4O6. The first kappa shape index (κ1) is 56.4. The molecule has 0 spiro atoms. The average Bonchev–Trinajstić information content (AvgIpc) is 4.09. The average molecular weight is 1020 g/mol. The van der Waals surface area contributed by atoms with Crippen LogP contribution >= 0.6 is 0 Å². The van der Waals surface area contributed by atoms with Gasteiger partial charge in [-0.2, -0.15) is 0 Å². The molecule has 0 saturated heterocycles. The number of nitrogens with one attached hydrogen (secondary N) is 2. The molecule has 5 heterocycles. The van der Waals surface area contributed by atoms with Gasteiger partial charge in [0.15, 0.2) is 0 Å². The molecule has 8 bridgehead atoms. The van der Waals surface area contributed by atoms with Crippen LogP contribution in [0.15, 0.2) is 97.4 Å². The van der Waals surface area contributed by atoms with Crippen LogP contribution in [0.2, 0.25) is 0 Å². The molecule has 0 amide bonds. The highest BCUT2D eigenvalue weighted by atomic mass is 16.5. The molecule has 2 aromatic carbocycles. The minimum absolute atomic E-state index is 0.370. The van der Waals surface area contributed by atoms with Crippen molar-refractivity contribution in [1.82, 2.24) is 10.3 Å². The van der Waals surface area contributed by atoms with Crippen LogP contribution in [-0.2, 0) is 33.5 Å². The Bertz CT molecular complexity index is 3080. The molecule has 10 nitrogen and oxygen atoms in total. The van der Waals surface area contributed by atoms with E-state index in [9.17, 15) is 19.5 Å². The fourth-order valence-electron chi connectivity index (χ4n) is 11.8. The molecule has 4 aliphatic heterocycles. The molecule has 75 heavy (non-hydrogen) atoms. The zero-order valence-electron chi connectivity index (χ0n) is 47.3. The third-order valence-electron chi connectivity index (χ3n) is 16.4. The smallest absolute Gasteiger partial charge is 0.338 e. The lowest BCUT2D eigenvalue weighted by Gasteiger charge is -2.31. The van der Waals surface area contributed by atoms with Crippen LogP contribution in [-0.4, -0.2) is 59.7 Å². The number of hydrogen-bond donors (Lipinski definition) is 3. The second-order valence-electron chi connectivity index (χ2n) is 21.2. The van der Waals surface area contributed by atoms with E-state index >= 15 is 0 Å². The van der Waals surface area contributed by atoms with Crippen molar-refractivity contribution in [2.75, 3.05) is 14.2 Å². The van der Waals surface area contributed by atoms with Crippen molar-refractivity contribution in [1.29, 1.82) is 0 Å². The predicted molar refractivity (Wildman–Crippen MR) is 307 cm³/mol. The standard InChI is InChI=1S/C65H84N4O6/c1-13-19-25-43-30-32-48(50(35-43)62(70)74-11)56-58-39(7)45(27-21-15-3)52(66-58)37-53-46(28-22-16-4)40(8)60(67-53)57(49-33-31-44(26-20-14-2)36-51(49)63(71)75-12)61-42(10)65(64(72)73,34-24-18-6)55(69-61)38-54-47(29-23-17-5)41(9)59(56)68-54/h30-33,35-38,55,66,69H,13-29,34H2,1-12H3,(H,72,73)/b52-37-,54-38-,58-56-,60-57-. The van der Waals surface area contributed by atoms with E-state index in [-0.39, 0.29) is 0 Å². The van der Waals surface area contributed by atoms with Gasteiger partial charge in [0.05, 0.1) is 59.6 Å². The Kier molecular flexibility index (Phi) is 18.8. The van der Waals surface area contributed by atoms with Gasteiger partial charge in [-0.3, -0.25) is 4.79 Å². The van der Waals surface area contributed by atoms with Crippen LogP contribution in [0.5, 0.6) is 0 Å². The number of aryl methyl sites for hydroxylation is 2. The SMILES string of the molecule is CCCCC1=C(C)/C2=C(\c3ccc(CCCC)cc3C(=O)OC)C3=C(C)C(CCCC)(C(=O)O)C(/C=C4N=C(C(C)=C\4CCCC)/C(c4ccc(CCCC)cc4C(=O)OC)=c4\[nH]/c(c(CCCC)c4C)=C\C1=N2)N3. The number of benzene rings is 2. The maximum atomic E-state index is 14.6. The Morgan fingerprint density at radius 1 is 0.653 bits per heavy atom. The maximum Gasteiger partial charge on any atom is 0.338 e. The number of nitrogens with zero attached hydrogens (tertiary/aromatic N) is 2. The molecule has 1 aromatic heterocycles. The Hall–Kier alpha value is -6.29. The second-order valence-corrected chi connectivity index (χ2v) is 21.2. The number of allylic oxidation sites excluding steroid dienone is 5. The molecule has 0 aliphatic carbocycles. The topological polar surface area (TPSA) is 142 Å². The van der Waals surface area contributed by atoms with E-state index in [0.29, 0.717) is 52.1 Å². The first-order chi connectivity index (χ1) is 36.2. The summed E-state index contributed by atoms with van der Waals surface area (Å²) in [4.78, 5) is 58.4. The number of carbonyl (C=O) groups is 3. The molecule has 3 N–H and O–H groups in total. The van der Waals surface area contributed by atoms with Gasteiger partial charge in [0.1, 0.15) is 5.41 Å². The Labute approximate surface area is 447 Å². The molecule has 400 valence electrons. The quantitative estimate of drug-likeness (QED) is 0.0803. The molecule has 0 fully saturated rings. The first-order valence-corrected chi connectivity index (χ1v) is 28.3. The van der Waals surface area contributed by atoms with Crippen LogP contribution in [0.1, 0.15) is 213 Å².